The number of benzene rings is 1. The summed E-state index contributed by atoms with van der Waals surface area (Å²) in [5.74, 6) is 0.556. The van der Waals surface area contributed by atoms with Gasteiger partial charge in [0.2, 0.25) is 0 Å². The van der Waals surface area contributed by atoms with Crippen molar-refractivity contribution in [2.75, 3.05) is 0 Å². The molecule has 3 atom stereocenters. The van der Waals surface area contributed by atoms with Crippen molar-refractivity contribution in [1.29, 1.82) is 0 Å². The Bertz CT molecular complexity index is 346. The molecule has 0 heterocycles. The number of halogens is 1. The molecule has 1 aliphatic carbocycles. The smallest absolute Gasteiger partial charge is 0.126 e. The first-order valence-corrected chi connectivity index (χ1v) is 5.04. The minimum Gasteiger partial charge on any atom is -0.393 e. The maximum absolute atomic E-state index is 13.2. The van der Waals surface area contributed by atoms with E-state index in [1.165, 1.54) is 6.07 Å². The van der Waals surface area contributed by atoms with Gasteiger partial charge in [0, 0.05) is 0 Å². The van der Waals surface area contributed by atoms with Gasteiger partial charge in [-0.1, -0.05) is 12.1 Å². The van der Waals surface area contributed by atoms with E-state index in [4.69, 9.17) is 0 Å². The monoisotopic (exact) mass is 194 g/mol. The molecule has 0 saturated heterocycles. The average molecular weight is 194 g/mol. The zero-order chi connectivity index (χ0) is 10.3. The van der Waals surface area contributed by atoms with Gasteiger partial charge < -0.3 is 5.11 Å². The summed E-state index contributed by atoms with van der Waals surface area (Å²) >= 11 is 0. The SMILES string of the molecule is Cc1c(F)cccc1C1CC1C(C)O. The van der Waals surface area contributed by atoms with Crippen molar-refractivity contribution in [3.05, 3.63) is 35.1 Å². The van der Waals surface area contributed by atoms with Gasteiger partial charge in [-0.15, -0.1) is 0 Å². The van der Waals surface area contributed by atoms with Gasteiger partial charge in [-0.3, -0.25) is 0 Å². The lowest BCUT2D eigenvalue weighted by Crippen LogP contribution is -2.04. The molecular weight excluding hydrogens is 179 g/mol. The van der Waals surface area contributed by atoms with E-state index >= 15 is 0 Å². The minimum atomic E-state index is -0.275. The van der Waals surface area contributed by atoms with E-state index in [0.717, 1.165) is 17.5 Å². The lowest BCUT2D eigenvalue weighted by atomic mass is 10.0. The van der Waals surface area contributed by atoms with Crippen molar-refractivity contribution in [3.8, 4) is 0 Å². The van der Waals surface area contributed by atoms with Crippen LogP contribution in [0.5, 0.6) is 0 Å². The fraction of sp³-hybridized carbons (Fsp3) is 0.500. The second-order valence-corrected chi connectivity index (χ2v) is 4.20. The van der Waals surface area contributed by atoms with E-state index in [9.17, 15) is 9.50 Å². The minimum absolute atomic E-state index is 0.140. The third kappa shape index (κ3) is 1.55. The molecule has 0 aliphatic heterocycles. The van der Waals surface area contributed by atoms with E-state index in [1.807, 2.05) is 13.0 Å². The topological polar surface area (TPSA) is 20.2 Å². The third-order valence-corrected chi connectivity index (χ3v) is 3.17. The van der Waals surface area contributed by atoms with Gasteiger partial charge in [0.1, 0.15) is 5.82 Å². The maximum atomic E-state index is 13.2. The van der Waals surface area contributed by atoms with Gasteiger partial charge >= 0.3 is 0 Å². The van der Waals surface area contributed by atoms with E-state index in [0.29, 0.717) is 11.8 Å². The van der Waals surface area contributed by atoms with Crippen LogP contribution in [0.15, 0.2) is 18.2 Å². The highest BCUT2D eigenvalue weighted by Gasteiger charge is 2.42. The summed E-state index contributed by atoms with van der Waals surface area (Å²) in [6.07, 6.45) is 0.713. The zero-order valence-electron chi connectivity index (χ0n) is 8.50. The number of aliphatic hydroxyl groups is 1. The molecule has 1 N–H and O–H groups in total. The van der Waals surface area contributed by atoms with Crippen molar-refractivity contribution in [2.24, 2.45) is 5.92 Å². The molecule has 0 aromatic heterocycles. The summed E-state index contributed by atoms with van der Waals surface area (Å²) in [5, 5.41) is 9.39. The lowest BCUT2D eigenvalue weighted by molar-refractivity contribution is 0.169. The fourth-order valence-electron chi connectivity index (χ4n) is 2.13. The molecule has 0 bridgehead atoms. The Kier molecular flexibility index (Phi) is 2.31. The molecule has 14 heavy (non-hydrogen) atoms. The van der Waals surface area contributed by atoms with Crippen molar-refractivity contribution in [2.45, 2.75) is 32.3 Å². The van der Waals surface area contributed by atoms with Gasteiger partial charge in [0.15, 0.2) is 0 Å². The third-order valence-electron chi connectivity index (χ3n) is 3.17. The first-order chi connectivity index (χ1) is 6.61. The Morgan fingerprint density at radius 3 is 2.79 bits per heavy atom. The quantitative estimate of drug-likeness (QED) is 0.767. The molecule has 0 radical (unpaired) electrons. The number of hydrogen-bond donors (Lipinski definition) is 1. The molecule has 76 valence electrons. The van der Waals surface area contributed by atoms with Gasteiger partial charge in [0.05, 0.1) is 6.10 Å². The predicted molar refractivity (Wildman–Crippen MR) is 53.7 cm³/mol. The van der Waals surface area contributed by atoms with Crippen LogP contribution in [-0.2, 0) is 0 Å². The van der Waals surface area contributed by atoms with Crippen LogP contribution in [0.4, 0.5) is 4.39 Å². The second kappa shape index (κ2) is 3.35. The van der Waals surface area contributed by atoms with E-state index in [1.54, 1.807) is 13.0 Å². The number of hydrogen-bond acceptors (Lipinski definition) is 1. The van der Waals surface area contributed by atoms with E-state index in [-0.39, 0.29) is 11.9 Å². The Morgan fingerprint density at radius 1 is 1.50 bits per heavy atom. The maximum Gasteiger partial charge on any atom is 0.126 e. The van der Waals surface area contributed by atoms with Gasteiger partial charge in [-0.2, -0.15) is 0 Å². The first kappa shape index (κ1) is 9.66. The van der Waals surface area contributed by atoms with Crippen LogP contribution >= 0.6 is 0 Å². The molecule has 1 fully saturated rings. The van der Waals surface area contributed by atoms with Gasteiger partial charge in [-0.05, 0) is 49.3 Å². The van der Waals surface area contributed by atoms with Crippen molar-refractivity contribution < 1.29 is 9.50 Å². The van der Waals surface area contributed by atoms with Crippen LogP contribution in [-0.4, -0.2) is 11.2 Å². The molecule has 2 heteroatoms. The second-order valence-electron chi connectivity index (χ2n) is 4.20. The summed E-state index contributed by atoms with van der Waals surface area (Å²) in [6, 6.07) is 5.19. The molecule has 1 aliphatic rings. The lowest BCUT2D eigenvalue weighted by Gasteiger charge is -2.07. The summed E-state index contributed by atoms with van der Waals surface area (Å²) in [6.45, 7) is 3.61. The van der Waals surface area contributed by atoms with E-state index in [2.05, 4.69) is 0 Å². The molecule has 0 spiro atoms. The van der Waals surface area contributed by atoms with Gasteiger partial charge in [-0.25, -0.2) is 4.39 Å². The molecule has 1 nitrogen and oxygen atoms in total. The molecule has 1 saturated carbocycles. The highest BCUT2D eigenvalue weighted by Crippen LogP contribution is 2.50. The molecule has 0 amide bonds. The summed E-state index contributed by atoms with van der Waals surface area (Å²) in [4.78, 5) is 0. The molecule has 3 unspecified atom stereocenters. The van der Waals surface area contributed by atoms with Crippen LogP contribution in [0.1, 0.15) is 30.4 Å². The first-order valence-electron chi connectivity index (χ1n) is 5.04. The molecule has 1 aromatic carbocycles. The standard InChI is InChI=1S/C12H15FO/c1-7-9(4-3-5-12(7)13)11-6-10(11)8(2)14/h3-5,8,10-11,14H,6H2,1-2H3. The largest absolute Gasteiger partial charge is 0.393 e. The molecule has 2 rings (SSSR count). The van der Waals surface area contributed by atoms with Crippen molar-refractivity contribution >= 4 is 0 Å². The van der Waals surface area contributed by atoms with Crippen LogP contribution < -0.4 is 0 Å². The van der Waals surface area contributed by atoms with Crippen LogP contribution in [0.2, 0.25) is 0 Å². The Balaban J connectivity index is 2.23. The summed E-state index contributed by atoms with van der Waals surface area (Å²) < 4.78 is 13.2. The fourth-order valence-corrected chi connectivity index (χ4v) is 2.13. The Labute approximate surface area is 83.6 Å². The van der Waals surface area contributed by atoms with Crippen molar-refractivity contribution in [3.63, 3.8) is 0 Å². The van der Waals surface area contributed by atoms with Crippen LogP contribution in [0.25, 0.3) is 0 Å². The Morgan fingerprint density at radius 2 is 2.21 bits per heavy atom. The van der Waals surface area contributed by atoms with Gasteiger partial charge in [0.25, 0.3) is 0 Å². The molecule has 1 aromatic rings. The van der Waals surface area contributed by atoms with E-state index < -0.39 is 0 Å². The van der Waals surface area contributed by atoms with Crippen LogP contribution in [0, 0.1) is 18.7 Å². The summed E-state index contributed by atoms with van der Waals surface area (Å²) in [7, 11) is 0. The normalized spacial score (nSPS) is 27.4. The summed E-state index contributed by atoms with van der Waals surface area (Å²) in [5.41, 5.74) is 1.80. The highest BCUT2D eigenvalue weighted by molar-refractivity contribution is 5.34. The molecular formula is C12H15FO. The number of aliphatic hydroxyl groups excluding tert-OH is 1. The highest BCUT2D eigenvalue weighted by atomic mass is 19.1. The Hall–Kier alpha value is -0.890. The predicted octanol–water partition coefficient (Wildman–Crippen LogP) is 2.62. The average Bonchev–Trinajstić information content (AvgIpc) is 2.89. The van der Waals surface area contributed by atoms with Crippen LogP contribution in [0.3, 0.4) is 0 Å². The number of rotatable bonds is 2. The van der Waals surface area contributed by atoms with Crippen molar-refractivity contribution in [1.82, 2.24) is 0 Å². The zero-order valence-corrected chi connectivity index (χ0v) is 8.50.